The molecule has 0 saturated carbocycles. The van der Waals surface area contributed by atoms with Crippen LogP contribution in [0.2, 0.25) is 0 Å². The second-order valence-electron chi connectivity index (χ2n) is 13.2. The average molecular weight is 830 g/mol. The van der Waals surface area contributed by atoms with Gasteiger partial charge in [0.05, 0.1) is 17.9 Å². The largest absolute Gasteiger partial charge is 1.00 e. The molecule has 15 nitrogen and oxygen atoms in total. The number of unbranched alkanes of at least 4 members (excludes halogenated alkanes) is 2. The summed E-state index contributed by atoms with van der Waals surface area (Å²) >= 11 is 0. The summed E-state index contributed by atoms with van der Waals surface area (Å²) in [5.74, 6) is -3.78. The minimum atomic E-state index is -5.07. The molecule has 1 atom stereocenters. The number of rotatable bonds is 18. The second-order valence-corrected chi connectivity index (χ2v) is 13.2. The molecule has 19 heteroatoms. The number of esters is 1. The van der Waals surface area contributed by atoms with Gasteiger partial charge in [0.1, 0.15) is 13.1 Å². The maximum Gasteiger partial charge on any atom is 0.471 e. The highest BCUT2D eigenvalue weighted by atomic mass is 35.5. The van der Waals surface area contributed by atoms with E-state index < -0.39 is 30.0 Å². The maximum absolute atomic E-state index is 13.2. The van der Waals surface area contributed by atoms with Crippen LogP contribution in [-0.2, 0) is 31.0 Å². The Morgan fingerprint density at radius 3 is 2.29 bits per heavy atom. The molecule has 0 spiro atoms. The molecule has 0 radical (unpaired) electrons. The van der Waals surface area contributed by atoms with Crippen LogP contribution in [0.15, 0.2) is 65.7 Å². The van der Waals surface area contributed by atoms with Gasteiger partial charge in [0.15, 0.2) is 5.96 Å². The number of hydrogen-bond donors (Lipinski definition) is 7. The molecule has 4 amide bonds. The van der Waals surface area contributed by atoms with Crippen LogP contribution in [0, 0.1) is 0 Å². The standard InChI is InChI=1S/C39H46F3N9O6.ClH/c1-51-31-21-25(43)12-14-28(31)27-15-13-26(49-37(56)39(40,41)42)22-29(27)34(51)23-8-6-9-24(20-23)35(54)47-17-5-3-4-11-32(52)46-19-16-33(53)50-30(36(55)57-2)10-7-18-48-38(44)45;/h6,8-9,12-15,20-22,30,43H,3-5,7,10-11,16-19H2,1-2H3,(H8,44,45,46,47,48,49,50,52,53,54,56);1H. The molecule has 0 saturated heterocycles. The number of amides is 4. The zero-order valence-corrected chi connectivity index (χ0v) is 32.8. The molecule has 10 N–H and O–H groups in total. The zero-order chi connectivity index (χ0) is 41.7. The fraction of sp³-hybridized carbons (Fsp3) is 0.359. The van der Waals surface area contributed by atoms with Crippen molar-refractivity contribution >= 4 is 68.6 Å². The van der Waals surface area contributed by atoms with Gasteiger partial charge < -0.3 is 55.6 Å². The number of aromatic nitrogens is 1. The van der Waals surface area contributed by atoms with Gasteiger partial charge in [-0.25, -0.2) is 4.79 Å². The smallest absolute Gasteiger partial charge is 0.471 e. The molecule has 312 valence electrons. The number of carbonyl (C=O) groups is 5. The van der Waals surface area contributed by atoms with Gasteiger partial charge in [0.2, 0.25) is 23.0 Å². The summed E-state index contributed by atoms with van der Waals surface area (Å²) in [4.78, 5) is 65.5. The Morgan fingerprint density at radius 2 is 1.59 bits per heavy atom. The summed E-state index contributed by atoms with van der Waals surface area (Å²) in [6.07, 6.45) is -2.39. The van der Waals surface area contributed by atoms with E-state index in [-0.39, 0.29) is 68.2 Å². The Balaban J connectivity index is 0.00000900. The van der Waals surface area contributed by atoms with Crippen LogP contribution >= 0.6 is 0 Å². The molecular weight excluding hydrogens is 783 g/mol. The number of alkyl halides is 3. The molecule has 4 rings (SSSR count). The second kappa shape index (κ2) is 21.4. The first-order valence-corrected chi connectivity index (χ1v) is 18.2. The third kappa shape index (κ3) is 12.9. The van der Waals surface area contributed by atoms with E-state index in [2.05, 4.69) is 20.9 Å². The van der Waals surface area contributed by atoms with Crippen LogP contribution < -0.4 is 55.4 Å². The molecule has 0 fully saturated rings. The summed E-state index contributed by atoms with van der Waals surface area (Å²) in [7, 11) is 3.00. The van der Waals surface area contributed by atoms with Crippen LogP contribution in [-0.4, -0.2) is 74.5 Å². The number of aryl methyl sites for hydroxylation is 1. The maximum atomic E-state index is 13.2. The number of nitrogens with two attached hydrogens (primary N) is 3. The summed E-state index contributed by atoms with van der Waals surface area (Å²) in [6, 6.07) is 15.8. The lowest BCUT2D eigenvalue weighted by atomic mass is 9.97. The first-order chi connectivity index (χ1) is 27.1. The highest BCUT2D eigenvalue weighted by molar-refractivity contribution is 6.11. The molecule has 0 bridgehead atoms. The minimum Gasteiger partial charge on any atom is -1.00 e. The van der Waals surface area contributed by atoms with Crippen molar-refractivity contribution in [2.24, 2.45) is 23.5 Å². The van der Waals surface area contributed by atoms with Gasteiger partial charge in [-0.05, 0) is 68.1 Å². The Labute approximate surface area is 338 Å². The van der Waals surface area contributed by atoms with Crippen molar-refractivity contribution in [2.75, 3.05) is 37.8 Å². The van der Waals surface area contributed by atoms with Gasteiger partial charge >= 0.3 is 18.1 Å². The molecule has 1 unspecified atom stereocenters. The SMILES string of the molecule is COC(=O)C(CCCN=C(N)N)NC(=O)CCNC(=O)CCCCCNC(=O)c1cccc(-c2c3cc(NC(=O)C(F)(F)F)ccc3c3ccc(N)cc3[n+]2C)c1.[Cl-]. The number of aliphatic imine (C=N–C) groups is 1. The van der Waals surface area contributed by atoms with E-state index in [0.29, 0.717) is 65.5 Å². The fourth-order valence-corrected chi connectivity index (χ4v) is 6.22. The monoisotopic (exact) mass is 829 g/mol. The van der Waals surface area contributed by atoms with Crippen molar-refractivity contribution in [3.63, 3.8) is 0 Å². The molecule has 0 aliphatic rings. The number of methoxy groups -OCH3 is 1. The predicted octanol–water partition coefficient (Wildman–Crippen LogP) is 0.0794. The predicted molar refractivity (Wildman–Crippen MR) is 209 cm³/mol. The number of nitrogens with one attached hydrogen (secondary N) is 4. The lowest BCUT2D eigenvalue weighted by molar-refractivity contribution is -0.632. The highest BCUT2D eigenvalue weighted by Gasteiger charge is 2.38. The van der Waals surface area contributed by atoms with E-state index >= 15 is 0 Å². The number of nitrogen functional groups attached to an aromatic ring is 1. The number of nitrogens with zero attached hydrogens (tertiary/aromatic N) is 2. The van der Waals surface area contributed by atoms with Crippen LogP contribution in [0.4, 0.5) is 24.5 Å². The first-order valence-electron chi connectivity index (χ1n) is 18.2. The van der Waals surface area contributed by atoms with Gasteiger partial charge in [-0.3, -0.25) is 24.2 Å². The van der Waals surface area contributed by atoms with E-state index in [1.165, 1.54) is 19.2 Å². The van der Waals surface area contributed by atoms with Crippen LogP contribution in [0.3, 0.4) is 0 Å². The van der Waals surface area contributed by atoms with Crippen molar-refractivity contribution in [3.05, 3.63) is 66.2 Å². The summed E-state index contributed by atoms with van der Waals surface area (Å²) in [6.45, 7) is 0.710. The lowest BCUT2D eigenvalue weighted by Crippen LogP contribution is -3.00. The van der Waals surface area contributed by atoms with Gasteiger partial charge in [0.25, 0.3) is 5.91 Å². The Hall–Kier alpha value is -6.17. The molecule has 0 aliphatic carbocycles. The number of halogens is 4. The number of fused-ring (bicyclic) bond motifs is 3. The fourth-order valence-electron chi connectivity index (χ4n) is 6.22. The number of benzene rings is 3. The van der Waals surface area contributed by atoms with Crippen molar-refractivity contribution < 1.29 is 58.9 Å². The van der Waals surface area contributed by atoms with Crippen molar-refractivity contribution in [3.8, 4) is 11.3 Å². The minimum absolute atomic E-state index is 0. The molecular formula is C39H47ClF3N9O6. The molecule has 1 aromatic heterocycles. The number of carbonyl (C=O) groups excluding carboxylic acids is 5. The number of hydrogen-bond acceptors (Lipinski definition) is 8. The van der Waals surface area contributed by atoms with Crippen molar-refractivity contribution in [2.45, 2.75) is 57.2 Å². The van der Waals surface area contributed by atoms with E-state index in [9.17, 15) is 37.1 Å². The normalized spacial score (nSPS) is 11.5. The Morgan fingerprint density at radius 1 is 0.845 bits per heavy atom. The summed E-state index contributed by atoms with van der Waals surface area (Å²) in [5, 5.41) is 12.1. The summed E-state index contributed by atoms with van der Waals surface area (Å²) < 4.78 is 45.8. The van der Waals surface area contributed by atoms with Gasteiger partial charge in [-0.1, -0.05) is 18.6 Å². The van der Waals surface area contributed by atoms with Crippen molar-refractivity contribution in [1.29, 1.82) is 0 Å². The van der Waals surface area contributed by atoms with Crippen LogP contribution in [0.25, 0.3) is 32.9 Å². The van der Waals surface area contributed by atoms with E-state index in [0.717, 1.165) is 10.9 Å². The van der Waals surface area contributed by atoms with Crippen LogP contribution in [0.5, 0.6) is 0 Å². The van der Waals surface area contributed by atoms with Gasteiger partial charge in [-0.2, -0.15) is 17.7 Å². The first kappa shape index (κ1) is 46.2. The molecule has 58 heavy (non-hydrogen) atoms. The third-order valence-electron chi connectivity index (χ3n) is 9.00. The Bertz CT molecular complexity index is 2160. The van der Waals surface area contributed by atoms with E-state index in [4.69, 9.17) is 21.9 Å². The van der Waals surface area contributed by atoms with Gasteiger partial charge in [0, 0.05) is 66.4 Å². The molecule has 4 aromatic rings. The number of pyridine rings is 1. The summed E-state index contributed by atoms with van der Waals surface area (Å²) in [5.41, 5.74) is 19.4. The van der Waals surface area contributed by atoms with Crippen molar-refractivity contribution in [1.82, 2.24) is 16.0 Å². The topological polar surface area (TPSA) is 237 Å². The average Bonchev–Trinajstić information content (AvgIpc) is 3.16. The number of anilines is 2. The van der Waals surface area contributed by atoms with Gasteiger partial charge in [-0.15, -0.1) is 0 Å². The van der Waals surface area contributed by atoms with E-state index in [1.54, 1.807) is 49.5 Å². The third-order valence-corrected chi connectivity index (χ3v) is 9.00. The lowest BCUT2D eigenvalue weighted by Gasteiger charge is -2.16. The quantitative estimate of drug-likeness (QED) is 0.0137. The molecule has 0 aliphatic heterocycles. The van der Waals surface area contributed by atoms with Crippen LogP contribution in [0.1, 0.15) is 55.3 Å². The highest BCUT2D eigenvalue weighted by Crippen LogP contribution is 2.34. The van der Waals surface area contributed by atoms with E-state index in [1.807, 2.05) is 16.0 Å². The zero-order valence-electron chi connectivity index (χ0n) is 32.0. The molecule has 3 aromatic carbocycles. The molecule has 1 heterocycles. The Kier molecular flexibility index (Phi) is 17.0. The number of ether oxygens (including phenoxy) is 1. The number of guanidine groups is 1.